The average molecular weight is 316 g/mol. The minimum absolute atomic E-state index is 0.0173. The van der Waals surface area contributed by atoms with E-state index in [-0.39, 0.29) is 18.7 Å². The third-order valence-corrected chi connectivity index (χ3v) is 3.17. The van der Waals surface area contributed by atoms with Crippen LogP contribution < -0.4 is 5.32 Å². The highest BCUT2D eigenvalue weighted by atomic mass is 19.2. The summed E-state index contributed by atoms with van der Waals surface area (Å²) in [6.45, 7) is 6.48. The van der Waals surface area contributed by atoms with Crippen molar-refractivity contribution < 1.29 is 22.7 Å². The van der Waals surface area contributed by atoms with Crippen molar-refractivity contribution in [1.82, 2.24) is 10.2 Å². The van der Waals surface area contributed by atoms with E-state index in [1.54, 1.807) is 20.8 Å². The van der Waals surface area contributed by atoms with Crippen molar-refractivity contribution in [2.24, 2.45) is 0 Å². The summed E-state index contributed by atoms with van der Waals surface area (Å²) in [6.07, 6.45) is -0.385. The molecule has 1 heterocycles. The standard InChI is InChI=1S/C15H19F3N2O2/c1-15(2,3)22-14(21)20-7-10(8-20)19-6-9-4-11(16)13(18)12(17)5-9/h4-5,10,19H,6-8H2,1-3H3. The molecule has 0 spiro atoms. The van der Waals surface area contributed by atoms with Crippen LogP contribution in [0, 0.1) is 17.5 Å². The first kappa shape index (κ1) is 16.6. The molecule has 2 rings (SSSR count). The van der Waals surface area contributed by atoms with Crippen LogP contribution in [-0.2, 0) is 11.3 Å². The van der Waals surface area contributed by atoms with Gasteiger partial charge in [-0.1, -0.05) is 0 Å². The molecule has 0 atom stereocenters. The second kappa shape index (κ2) is 6.16. The third kappa shape index (κ3) is 4.13. The van der Waals surface area contributed by atoms with Crippen LogP contribution in [0.25, 0.3) is 0 Å². The molecule has 1 aromatic carbocycles. The van der Waals surface area contributed by atoms with Crippen molar-refractivity contribution >= 4 is 6.09 Å². The first-order valence-electron chi connectivity index (χ1n) is 7.00. The highest BCUT2D eigenvalue weighted by Crippen LogP contribution is 2.17. The summed E-state index contributed by atoms with van der Waals surface area (Å²) in [5, 5.41) is 3.05. The number of hydrogen-bond donors (Lipinski definition) is 1. The molecule has 7 heteroatoms. The first-order chi connectivity index (χ1) is 10.2. The number of carbonyl (C=O) groups excluding carboxylic acids is 1. The Bertz CT molecular complexity index is 543. The summed E-state index contributed by atoms with van der Waals surface area (Å²) in [5.41, 5.74) is -0.231. The second-order valence-corrected chi connectivity index (χ2v) is 6.34. The number of amides is 1. The highest BCUT2D eigenvalue weighted by molar-refractivity contribution is 5.69. The Hall–Kier alpha value is -1.76. The predicted molar refractivity (Wildman–Crippen MR) is 74.8 cm³/mol. The van der Waals surface area contributed by atoms with Gasteiger partial charge in [-0.25, -0.2) is 18.0 Å². The van der Waals surface area contributed by atoms with E-state index in [2.05, 4.69) is 5.32 Å². The predicted octanol–water partition coefficient (Wildman–Crippen LogP) is 2.81. The molecule has 1 aliphatic rings. The Morgan fingerprint density at radius 2 is 1.82 bits per heavy atom. The van der Waals surface area contributed by atoms with Crippen LogP contribution in [0.1, 0.15) is 26.3 Å². The van der Waals surface area contributed by atoms with E-state index >= 15 is 0 Å². The van der Waals surface area contributed by atoms with Crippen LogP contribution in [0.15, 0.2) is 12.1 Å². The molecule has 0 aromatic heterocycles. The third-order valence-electron chi connectivity index (χ3n) is 3.17. The highest BCUT2D eigenvalue weighted by Gasteiger charge is 2.33. The lowest BCUT2D eigenvalue weighted by Crippen LogP contribution is -2.60. The van der Waals surface area contributed by atoms with Crippen molar-refractivity contribution in [2.75, 3.05) is 13.1 Å². The van der Waals surface area contributed by atoms with E-state index in [0.717, 1.165) is 12.1 Å². The van der Waals surface area contributed by atoms with Crippen LogP contribution in [0.5, 0.6) is 0 Å². The zero-order valence-corrected chi connectivity index (χ0v) is 12.8. The van der Waals surface area contributed by atoms with E-state index in [0.29, 0.717) is 18.7 Å². The van der Waals surface area contributed by atoms with Gasteiger partial charge >= 0.3 is 6.09 Å². The van der Waals surface area contributed by atoms with E-state index in [1.165, 1.54) is 4.90 Å². The maximum absolute atomic E-state index is 13.1. The summed E-state index contributed by atoms with van der Waals surface area (Å²) in [4.78, 5) is 13.3. The lowest BCUT2D eigenvalue weighted by molar-refractivity contribution is 0.00518. The van der Waals surface area contributed by atoms with Gasteiger partial charge in [0.2, 0.25) is 0 Å². The van der Waals surface area contributed by atoms with E-state index in [4.69, 9.17) is 4.74 Å². The van der Waals surface area contributed by atoms with Crippen molar-refractivity contribution in [3.05, 3.63) is 35.1 Å². The van der Waals surface area contributed by atoms with Crippen LogP contribution >= 0.6 is 0 Å². The monoisotopic (exact) mass is 316 g/mol. The Labute approximate surface area is 127 Å². The summed E-state index contributed by atoms with van der Waals surface area (Å²) in [7, 11) is 0. The fourth-order valence-corrected chi connectivity index (χ4v) is 2.06. The molecular formula is C15H19F3N2O2. The number of rotatable bonds is 3. The fraction of sp³-hybridized carbons (Fsp3) is 0.533. The Balaban J connectivity index is 1.78. The van der Waals surface area contributed by atoms with Crippen LogP contribution in [0.4, 0.5) is 18.0 Å². The van der Waals surface area contributed by atoms with Gasteiger partial charge < -0.3 is 15.0 Å². The molecule has 1 fully saturated rings. The van der Waals surface area contributed by atoms with Gasteiger partial charge in [-0.15, -0.1) is 0 Å². The van der Waals surface area contributed by atoms with Crippen LogP contribution in [-0.4, -0.2) is 35.7 Å². The smallest absolute Gasteiger partial charge is 0.410 e. The zero-order chi connectivity index (χ0) is 16.5. The molecule has 4 nitrogen and oxygen atoms in total. The van der Waals surface area contributed by atoms with Crippen molar-refractivity contribution in [1.29, 1.82) is 0 Å². The van der Waals surface area contributed by atoms with Gasteiger partial charge in [0.1, 0.15) is 5.60 Å². The van der Waals surface area contributed by atoms with Gasteiger partial charge in [-0.05, 0) is 38.5 Å². The van der Waals surface area contributed by atoms with E-state index in [9.17, 15) is 18.0 Å². The number of nitrogens with one attached hydrogen (secondary N) is 1. The number of carbonyl (C=O) groups is 1. The summed E-state index contributed by atoms with van der Waals surface area (Å²) in [5.74, 6) is -3.88. The van der Waals surface area contributed by atoms with Gasteiger partial charge in [-0.3, -0.25) is 0 Å². The Morgan fingerprint density at radius 3 is 2.32 bits per heavy atom. The van der Waals surface area contributed by atoms with Gasteiger partial charge in [0.05, 0.1) is 0 Å². The molecule has 0 aliphatic carbocycles. The minimum Gasteiger partial charge on any atom is -0.444 e. The second-order valence-electron chi connectivity index (χ2n) is 6.34. The fourth-order valence-electron chi connectivity index (χ4n) is 2.06. The van der Waals surface area contributed by atoms with Gasteiger partial charge in [-0.2, -0.15) is 0 Å². The Morgan fingerprint density at radius 1 is 1.27 bits per heavy atom. The van der Waals surface area contributed by atoms with Gasteiger partial charge in [0.25, 0.3) is 0 Å². The van der Waals surface area contributed by atoms with Crippen molar-refractivity contribution in [3.8, 4) is 0 Å². The normalized spacial score (nSPS) is 15.6. The Kier molecular flexibility index (Phi) is 4.65. The topological polar surface area (TPSA) is 41.6 Å². The maximum Gasteiger partial charge on any atom is 0.410 e. The number of likely N-dealkylation sites (tertiary alicyclic amines) is 1. The number of benzene rings is 1. The number of hydrogen-bond acceptors (Lipinski definition) is 3. The molecule has 0 bridgehead atoms. The van der Waals surface area contributed by atoms with E-state index < -0.39 is 23.1 Å². The number of halogens is 3. The molecule has 122 valence electrons. The minimum atomic E-state index is -1.47. The molecule has 1 aliphatic heterocycles. The molecule has 0 radical (unpaired) electrons. The average Bonchev–Trinajstić information content (AvgIpc) is 2.31. The van der Waals surface area contributed by atoms with Crippen molar-refractivity contribution in [2.45, 2.75) is 39.0 Å². The van der Waals surface area contributed by atoms with E-state index in [1.807, 2.05) is 0 Å². The summed E-state index contributed by atoms with van der Waals surface area (Å²) < 4.78 is 44.2. The molecule has 22 heavy (non-hydrogen) atoms. The first-order valence-corrected chi connectivity index (χ1v) is 7.00. The lowest BCUT2D eigenvalue weighted by Gasteiger charge is -2.40. The molecule has 1 amide bonds. The molecule has 0 unspecified atom stereocenters. The molecular weight excluding hydrogens is 297 g/mol. The summed E-state index contributed by atoms with van der Waals surface area (Å²) in [6, 6.07) is 1.93. The maximum atomic E-state index is 13.1. The molecule has 0 saturated carbocycles. The molecule has 1 aromatic rings. The zero-order valence-electron chi connectivity index (χ0n) is 12.8. The molecule has 1 N–H and O–H groups in total. The summed E-state index contributed by atoms with van der Waals surface area (Å²) >= 11 is 0. The van der Waals surface area contributed by atoms with Gasteiger partial charge in [0.15, 0.2) is 17.5 Å². The lowest BCUT2D eigenvalue weighted by atomic mass is 10.1. The number of ether oxygens (including phenoxy) is 1. The van der Waals surface area contributed by atoms with Crippen molar-refractivity contribution in [3.63, 3.8) is 0 Å². The van der Waals surface area contributed by atoms with Gasteiger partial charge in [0, 0.05) is 25.7 Å². The largest absolute Gasteiger partial charge is 0.444 e. The van der Waals surface area contributed by atoms with Crippen LogP contribution in [0.2, 0.25) is 0 Å². The number of nitrogens with zero attached hydrogens (tertiary/aromatic N) is 1. The van der Waals surface area contributed by atoms with Crippen LogP contribution in [0.3, 0.4) is 0 Å². The quantitative estimate of drug-likeness (QED) is 0.872. The SMILES string of the molecule is CC(C)(C)OC(=O)N1CC(NCc2cc(F)c(F)c(F)c2)C1. The molecule has 1 saturated heterocycles.